The van der Waals surface area contributed by atoms with E-state index in [1.54, 1.807) is 0 Å². The lowest BCUT2D eigenvalue weighted by Gasteiger charge is -2.09. The van der Waals surface area contributed by atoms with Gasteiger partial charge >= 0.3 is 6.18 Å². The molecule has 94 valence electrons. The highest BCUT2D eigenvalue weighted by Crippen LogP contribution is 2.42. The zero-order valence-corrected chi connectivity index (χ0v) is 9.24. The molecule has 0 bridgehead atoms. The number of aromatic nitrogens is 2. The Bertz CT molecular complexity index is 626. The Balaban J connectivity index is 2.28. The first-order valence-electron chi connectivity index (χ1n) is 5.55. The van der Waals surface area contributed by atoms with E-state index >= 15 is 0 Å². The van der Waals surface area contributed by atoms with E-state index in [2.05, 4.69) is 4.98 Å². The topological polar surface area (TPSA) is 34.9 Å². The molecule has 1 aromatic heterocycles. The summed E-state index contributed by atoms with van der Waals surface area (Å²) in [5.41, 5.74) is 0.992. The van der Waals surface area contributed by atoms with Crippen LogP contribution in [0.5, 0.6) is 0 Å². The summed E-state index contributed by atoms with van der Waals surface area (Å²) >= 11 is 0. The second-order valence-electron chi connectivity index (χ2n) is 4.40. The van der Waals surface area contributed by atoms with E-state index < -0.39 is 12.0 Å². The second kappa shape index (κ2) is 3.57. The Kier molecular flexibility index (Phi) is 2.23. The van der Waals surface area contributed by atoms with Crippen molar-refractivity contribution in [2.45, 2.75) is 25.1 Å². The molecule has 3 rings (SSSR count). The number of imidazole rings is 1. The normalized spacial score (nSPS) is 16.2. The van der Waals surface area contributed by atoms with Crippen LogP contribution in [0.4, 0.5) is 13.2 Å². The van der Waals surface area contributed by atoms with Crippen LogP contribution in [0.25, 0.3) is 11.0 Å². The fourth-order valence-corrected chi connectivity index (χ4v) is 2.09. The first kappa shape index (κ1) is 11.3. The molecule has 0 atom stereocenters. The first-order chi connectivity index (χ1) is 8.50. The maximum atomic E-state index is 12.9. The fraction of sp³-hybridized carbons (Fsp3) is 0.333. The summed E-state index contributed by atoms with van der Waals surface area (Å²) in [4.78, 5) is 14.3. The van der Waals surface area contributed by atoms with E-state index in [-0.39, 0.29) is 11.6 Å². The van der Waals surface area contributed by atoms with Crippen molar-refractivity contribution in [1.29, 1.82) is 0 Å². The Morgan fingerprint density at radius 3 is 2.61 bits per heavy atom. The molecule has 0 saturated heterocycles. The van der Waals surface area contributed by atoms with Crippen LogP contribution >= 0.6 is 0 Å². The minimum Gasteiger partial charge on any atom is -0.317 e. The lowest BCUT2D eigenvalue weighted by atomic mass is 10.2. The molecule has 0 unspecified atom stereocenters. The van der Waals surface area contributed by atoms with Crippen molar-refractivity contribution in [2.75, 3.05) is 0 Å². The zero-order chi connectivity index (χ0) is 12.9. The Morgan fingerprint density at radius 2 is 2.06 bits per heavy atom. The van der Waals surface area contributed by atoms with Gasteiger partial charge in [-0.05, 0) is 31.0 Å². The van der Waals surface area contributed by atoms with E-state index in [4.69, 9.17) is 0 Å². The van der Waals surface area contributed by atoms with Crippen LogP contribution in [0.15, 0.2) is 18.2 Å². The van der Waals surface area contributed by atoms with Crippen molar-refractivity contribution in [3.8, 4) is 0 Å². The van der Waals surface area contributed by atoms with Crippen LogP contribution < -0.4 is 0 Å². The number of halogens is 3. The summed E-state index contributed by atoms with van der Waals surface area (Å²) in [5.74, 6) is -0.872. The molecular formula is C12H9F3N2O. The molecule has 2 aromatic rings. The van der Waals surface area contributed by atoms with E-state index in [9.17, 15) is 18.0 Å². The predicted molar refractivity (Wildman–Crippen MR) is 58.4 cm³/mol. The number of hydrogen-bond acceptors (Lipinski definition) is 2. The number of hydrogen-bond donors (Lipinski definition) is 0. The van der Waals surface area contributed by atoms with Gasteiger partial charge in [0.1, 0.15) is 6.29 Å². The quantitative estimate of drug-likeness (QED) is 0.771. The van der Waals surface area contributed by atoms with E-state index in [1.807, 2.05) is 0 Å². The van der Waals surface area contributed by atoms with Crippen LogP contribution in [-0.2, 0) is 6.18 Å². The van der Waals surface area contributed by atoms with Gasteiger partial charge in [0.25, 0.3) is 0 Å². The van der Waals surface area contributed by atoms with Gasteiger partial charge in [0.05, 0.1) is 11.0 Å². The third-order valence-electron chi connectivity index (χ3n) is 3.02. The number of carbonyl (C=O) groups excluding carboxylic acids is 1. The SMILES string of the molecule is O=Cc1ccc2c(c1)nc(C(F)(F)F)n2C1CC1. The largest absolute Gasteiger partial charge is 0.449 e. The zero-order valence-electron chi connectivity index (χ0n) is 9.24. The van der Waals surface area contributed by atoms with Crippen molar-refractivity contribution in [3.05, 3.63) is 29.6 Å². The standard InChI is InChI=1S/C12H9F3N2O/c13-12(14,15)11-16-9-5-7(6-18)1-4-10(9)17(11)8-2-3-8/h1,4-6,8H,2-3H2. The van der Waals surface area contributed by atoms with Gasteiger partial charge in [-0.3, -0.25) is 4.79 Å². The molecular weight excluding hydrogens is 245 g/mol. The van der Waals surface area contributed by atoms with Gasteiger partial charge in [-0.1, -0.05) is 0 Å². The van der Waals surface area contributed by atoms with E-state index in [0.29, 0.717) is 17.4 Å². The van der Waals surface area contributed by atoms with Crippen LogP contribution in [0.2, 0.25) is 0 Å². The van der Waals surface area contributed by atoms with Crippen molar-refractivity contribution in [3.63, 3.8) is 0 Å². The summed E-state index contributed by atoms with van der Waals surface area (Å²) in [6.45, 7) is 0. The Labute approximate surface area is 100 Å². The predicted octanol–water partition coefficient (Wildman–Crippen LogP) is 3.20. The molecule has 1 aliphatic carbocycles. The lowest BCUT2D eigenvalue weighted by molar-refractivity contribution is -0.147. The summed E-state index contributed by atoms with van der Waals surface area (Å²) in [6, 6.07) is 4.31. The minimum atomic E-state index is -4.47. The number of fused-ring (bicyclic) bond motifs is 1. The molecule has 0 spiro atoms. The highest BCUT2D eigenvalue weighted by atomic mass is 19.4. The van der Waals surface area contributed by atoms with Crippen LogP contribution in [0.3, 0.4) is 0 Å². The first-order valence-corrected chi connectivity index (χ1v) is 5.55. The minimum absolute atomic E-state index is 0.117. The van der Waals surface area contributed by atoms with Crippen molar-refractivity contribution >= 4 is 17.3 Å². The average Bonchev–Trinajstić information content (AvgIpc) is 3.07. The summed E-state index contributed by atoms with van der Waals surface area (Å²) < 4.78 is 40.0. The van der Waals surface area contributed by atoms with Crippen molar-refractivity contribution in [2.24, 2.45) is 0 Å². The number of benzene rings is 1. The van der Waals surface area contributed by atoms with Crippen molar-refractivity contribution in [1.82, 2.24) is 9.55 Å². The summed E-state index contributed by atoms with van der Waals surface area (Å²) in [7, 11) is 0. The number of carbonyl (C=O) groups is 1. The van der Waals surface area contributed by atoms with Crippen LogP contribution in [0, 0.1) is 0 Å². The number of aldehydes is 1. The molecule has 1 aliphatic rings. The third-order valence-corrected chi connectivity index (χ3v) is 3.02. The summed E-state index contributed by atoms with van der Waals surface area (Å²) in [6.07, 6.45) is -2.39. The maximum Gasteiger partial charge on any atom is 0.449 e. The van der Waals surface area contributed by atoms with Crippen LogP contribution in [0.1, 0.15) is 35.1 Å². The molecule has 0 radical (unpaired) electrons. The fourth-order valence-electron chi connectivity index (χ4n) is 2.09. The molecule has 1 saturated carbocycles. The third kappa shape index (κ3) is 1.68. The molecule has 1 fully saturated rings. The van der Waals surface area contributed by atoms with Gasteiger partial charge in [-0.15, -0.1) is 0 Å². The van der Waals surface area contributed by atoms with Gasteiger partial charge < -0.3 is 4.57 Å². The highest BCUT2D eigenvalue weighted by molar-refractivity contribution is 5.85. The van der Waals surface area contributed by atoms with Crippen LogP contribution in [-0.4, -0.2) is 15.8 Å². The molecule has 0 amide bonds. The molecule has 3 nitrogen and oxygen atoms in total. The second-order valence-corrected chi connectivity index (χ2v) is 4.40. The maximum absolute atomic E-state index is 12.9. The smallest absolute Gasteiger partial charge is 0.317 e. The number of rotatable bonds is 2. The monoisotopic (exact) mass is 254 g/mol. The summed E-state index contributed by atoms with van der Waals surface area (Å²) in [5, 5.41) is 0. The molecule has 1 heterocycles. The average molecular weight is 254 g/mol. The molecule has 6 heteroatoms. The Morgan fingerprint density at radius 1 is 1.33 bits per heavy atom. The number of nitrogens with zero attached hydrogens (tertiary/aromatic N) is 2. The van der Waals surface area contributed by atoms with Crippen molar-refractivity contribution < 1.29 is 18.0 Å². The molecule has 1 aromatic carbocycles. The van der Waals surface area contributed by atoms with E-state index in [1.165, 1.54) is 22.8 Å². The lowest BCUT2D eigenvalue weighted by Crippen LogP contribution is -2.14. The van der Waals surface area contributed by atoms with Gasteiger partial charge in [-0.25, -0.2) is 4.98 Å². The molecule has 18 heavy (non-hydrogen) atoms. The van der Waals surface area contributed by atoms with Gasteiger partial charge in [0, 0.05) is 11.6 Å². The molecule has 0 aliphatic heterocycles. The van der Waals surface area contributed by atoms with E-state index in [0.717, 1.165) is 12.8 Å². The van der Waals surface area contributed by atoms with Gasteiger partial charge in [0.15, 0.2) is 0 Å². The Hall–Kier alpha value is -1.85. The van der Waals surface area contributed by atoms with Gasteiger partial charge in [-0.2, -0.15) is 13.2 Å². The van der Waals surface area contributed by atoms with Gasteiger partial charge in [0.2, 0.25) is 5.82 Å². The molecule has 0 N–H and O–H groups in total. The highest BCUT2D eigenvalue weighted by Gasteiger charge is 2.41. The number of alkyl halides is 3.